The van der Waals surface area contributed by atoms with Crippen LogP contribution in [0.3, 0.4) is 0 Å². The molecule has 0 spiro atoms. The Balaban J connectivity index is 1.70. The molecule has 1 aromatic heterocycles. The van der Waals surface area contributed by atoms with E-state index in [0.717, 1.165) is 11.3 Å². The Morgan fingerprint density at radius 3 is 2.25 bits per heavy atom. The lowest BCUT2D eigenvalue weighted by molar-refractivity contribution is 0.416. The zero-order valence-electron chi connectivity index (χ0n) is 18.2. The van der Waals surface area contributed by atoms with Crippen LogP contribution in [0.4, 0.5) is 17.3 Å². The molecule has 0 atom stereocenters. The fourth-order valence-corrected chi connectivity index (χ4v) is 3.99. The van der Waals surface area contributed by atoms with Crippen LogP contribution in [-0.2, 0) is 15.4 Å². The van der Waals surface area contributed by atoms with Crippen molar-refractivity contribution < 1.29 is 13.2 Å². The Hall–Kier alpha value is -3.24. The smallest absolute Gasteiger partial charge is 0.264 e. The van der Waals surface area contributed by atoms with Crippen molar-refractivity contribution in [2.45, 2.75) is 31.1 Å². The second kappa shape index (κ2) is 9.49. The number of thiocarbonyl (C=S) groups is 1. The van der Waals surface area contributed by atoms with Crippen LogP contribution < -0.4 is 20.1 Å². The van der Waals surface area contributed by atoms with Gasteiger partial charge in [0.05, 0.1) is 17.7 Å². The van der Waals surface area contributed by atoms with Crippen molar-refractivity contribution in [3.63, 3.8) is 0 Å². The highest BCUT2D eigenvalue weighted by molar-refractivity contribution is 7.92. The van der Waals surface area contributed by atoms with Crippen LogP contribution in [-0.4, -0.2) is 30.6 Å². The zero-order valence-corrected chi connectivity index (χ0v) is 19.8. The van der Waals surface area contributed by atoms with Crippen LogP contribution in [0.5, 0.6) is 5.75 Å². The number of sulfonamides is 1. The van der Waals surface area contributed by atoms with E-state index in [4.69, 9.17) is 17.0 Å². The molecule has 0 aliphatic carbocycles. The van der Waals surface area contributed by atoms with Crippen molar-refractivity contribution in [1.82, 2.24) is 9.97 Å². The predicted molar refractivity (Wildman–Crippen MR) is 131 cm³/mol. The first-order valence-corrected chi connectivity index (χ1v) is 11.6. The SMILES string of the molecule is COc1ccc(C(C)(C)C)cc1NC(=S)Nc1ccc(S(=O)(=O)Nc2ncccn2)cc1. The molecule has 0 aliphatic heterocycles. The molecule has 3 aromatic rings. The third kappa shape index (κ3) is 5.92. The molecule has 10 heteroatoms. The summed E-state index contributed by atoms with van der Waals surface area (Å²) in [6.45, 7) is 6.39. The van der Waals surface area contributed by atoms with Gasteiger partial charge >= 0.3 is 0 Å². The van der Waals surface area contributed by atoms with Gasteiger partial charge in [-0.1, -0.05) is 26.8 Å². The third-order valence-corrected chi connectivity index (χ3v) is 6.08. The molecule has 168 valence electrons. The van der Waals surface area contributed by atoms with Crippen molar-refractivity contribution in [3.05, 3.63) is 66.5 Å². The van der Waals surface area contributed by atoms with Crippen LogP contribution in [0.1, 0.15) is 26.3 Å². The standard InChI is InChI=1S/C22H25N5O3S2/c1-22(2,3)15-6-11-19(30-4)18(14-15)26-21(31)25-16-7-9-17(10-8-16)32(28,29)27-20-23-12-5-13-24-20/h5-14H,1-4H3,(H,23,24,27)(H2,25,26,31). The first kappa shape index (κ1) is 23.4. The molecule has 0 fully saturated rings. The van der Waals surface area contributed by atoms with Crippen molar-refractivity contribution >= 4 is 44.7 Å². The minimum Gasteiger partial charge on any atom is -0.495 e. The second-order valence-corrected chi connectivity index (χ2v) is 10.0. The van der Waals surface area contributed by atoms with E-state index in [1.165, 1.54) is 24.5 Å². The Kier molecular flexibility index (Phi) is 6.95. The molecule has 0 unspecified atom stereocenters. The largest absolute Gasteiger partial charge is 0.495 e. The monoisotopic (exact) mass is 471 g/mol. The molecule has 0 bridgehead atoms. The maximum atomic E-state index is 12.5. The summed E-state index contributed by atoms with van der Waals surface area (Å²) in [5, 5.41) is 6.55. The van der Waals surface area contributed by atoms with Gasteiger partial charge in [-0.3, -0.25) is 0 Å². The van der Waals surface area contributed by atoms with Gasteiger partial charge in [0.25, 0.3) is 10.0 Å². The fourth-order valence-electron chi connectivity index (χ4n) is 2.81. The number of nitrogens with zero attached hydrogens (tertiary/aromatic N) is 2. The number of ether oxygens (including phenoxy) is 1. The van der Waals surface area contributed by atoms with Crippen LogP contribution in [0, 0.1) is 0 Å². The number of hydrogen-bond acceptors (Lipinski definition) is 6. The Morgan fingerprint density at radius 1 is 1.00 bits per heavy atom. The Labute approximate surface area is 193 Å². The number of methoxy groups -OCH3 is 1. The molecule has 2 aromatic carbocycles. The Morgan fingerprint density at radius 2 is 1.66 bits per heavy atom. The highest BCUT2D eigenvalue weighted by Gasteiger charge is 2.17. The highest BCUT2D eigenvalue weighted by atomic mass is 32.2. The lowest BCUT2D eigenvalue weighted by Gasteiger charge is -2.22. The predicted octanol–water partition coefficient (Wildman–Crippen LogP) is 4.39. The second-order valence-electron chi connectivity index (χ2n) is 7.95. The van der Waals surface area contributed by atoms with Gasteiger partial charge in [-0.2, -0.15) is 0 Å². The van der Waals surface area contributed by atoms with Gasteiger partial charge in [0.2, 0.25) is 5.95 Å². The molecule has 8 nitrogen and oxygen atoms in total. The van der Waals surface area contributed by atoms with Gasteiger partial charge in [-0.15, -0.1) is 0 Å². The van der Waals surface area contributed by atoms with E-state index >= 15 is 0 Å². The van der Waals surface area contributed by atoms with Crippen LogP contribution in [0.2, 0.25) is 0 Å². The number of nitrogens with one attached hydrogen (secondary N) is 3. The summed E-state index contributed by atoms with van der Waals surface area (Å²) in [6.07, 6.45) is 2.91. The molecule has 32 heavy (non-hydrogen) atoms. The maximum Gasteiger partial charge on any atom is 0.264 e. The third-order valence-electron chi connectivity index (χ3n) is 4.53. The lowest BCUT2D eigenvalue weighted by atomic mass is 9.87. The number of aromatic nitrogens is 2. The molecule has 0 radical (unpaired) electrons. The van der Waals surface area contributed by atoms with Crippen molar-refractivity contribution in [1.29, 1.82) is 0 Å². The maximum absolute atomic E-state index is 12.5. The van der Waals surface area contributed by atoms with Gasteiger partial charge in [0, 0.05) is 18.1 Å². The number of rotatable bonds is 6. The fraction of sp³-hybridized carbons (Fsp3) is 0.227. The molecular formula is C22H25N5O3S2. The quantitative estimate of drug-likeness (QED) is 0.455. The first-order chi connectivity index (χ1) is 15.1. The molecule has 0 saturated heterocycles. The molecule has 3 rings (SSSR count). The molecule has 3 N–H and O–H groups in total. The van der Waals surface area contributed by atoms with Gasteiger partial charge in [-0.05, 0) is 65.7 Å². The normalized spacial score (nSPS) is 11.5. The Bertz CT molecular complexity index is 1190. The van der Waals surface area contributed by atoms with E-state index in [1.54, 1.807) is 25.3 Å². The summed E-state index contributed by atoms with van der Waals surface area (Å²) in [7, 11) is -2.20. The summed E-state index contributed by atoms with van der Waals surface area (Å²) in [5.74, 6) is 0.671. The topological polar surface area (TPSA) is 105 Å². The summed E-state index contributed by atoms with van der Waals surface area (Å²) < 4.78 is 32.8. The average molecular weight is 472 g/mol. The van der Waals surface area contributed by atoms with E-state index in [-0.39, 0.29) is 16.3 Å². The zero-order chi connectivity index (χ0) is 23.4. The van der Waals surface area contributed by atoms with E-state index < -0.39 is 10.0 Å². The highest BCUT2D eigenvalue weighted by Crippen LogP contribution is 2.31. The van der Waals surface area contributed by atoms with E-state index in [1.807, 2.05) is 18.2 Å². The number of benzene rings is 2. The van der Waals surface area contributed by atoms with Gasteiger partial charge in [0.1, 0.15) is 5.75 Å². The minimum absolute atomic E-state index is 0.00603. The van der Waals surface area contributed by atoms with Gasteiger partial charge in [0.15, 0.2) is 5.11 Å². The molecule has 1 heterocycles. The summed E-state index contributed by atoms with van der Waals surface area (Å²) in [4.78, 5) is 7.82. The average Bonchev–Trinajstić information content (AvgIpc) is 2.74. The van der Waals surface area contributed by atoms with Gasteiger partial charge < -0.3 is 15.4 Å². The van der Waals surface area contributed by atoms with Crippen molar-refractivity contribution in [3.8, 4) is 5.75 Å². The molecular weight excluding hydrogens is 446 g/mol. The lowest BCUT2D eigenvalue weighted by Crippen LogP contribution is -2.20. The van der Waals surface area contributed by atoms with Gasteiger partial charge in [-0.25, -0.2) is 23.1 Å². The van der Waals surface area contributed by atoms with Crippen LogP contribution in [0.15, 0.2) is 65.8 Å². The number of anilines is 3. The van der Waals surface area contributed by atoms with E-state index in [0.29, 0.717) is 16.5 Å². The number of hydrogen-bond donors (Lipinski definition) is 3. The summed E-state index contributed by atoms with van der Waals surface area (Å²) in [6, 6.07) is 13.7. The van der Waals surface area contributed by atoms with Crippen LogP contribution >= 0.6 is 12.2 Å². The summed E-state index contributed by atoms with van der Waals surface area (Å²) in [5.41, 5.74) is 2.47. The summed E-state index contributed by atoms with van der Waals surface area (Å²) >= 11 is 5.43. The van der Waals surface area contributed by atoms with Crippen molar-refractivity contribution in [2.24, 2.45) is 0 Å². The van der Waals surface area contributed by atoms with Crippen LogP contribution in [0.25, 0.3) is 0 Å². The van der Waals surface area contributed by atoms with Crippen molar-refractivity contribution in [2.75, 3.05) is 22.5 Å². The van der Waals surface area contributed by atoms with E-state index in [9.17, 15) is 8.42 Å². The minimum atomic E-state index is -3.80. The first-order valence-electron chi connectivity index (χ1n) is 9.75. The molecule has 0 saturated carbocycles. The molecule has 0 amide bonds. The molecule has 0 aliphatic rings. The van der Waals surface area contributed by atoms with E-state index in [2.05, 4.69) is 46.1 Å².